The molecule has 2 amide bonds. The van der Waals surface area contributed by atoms with Crippen molar-refractivity contribution < 1.29 is 24.2 Å². The minimum absolute atomic E-state index is 0.00360. The fourth-order valence-electron chi connectivity index (χ4n) is 4.05. The molecule has 2 aromatic rings. The van der Waals surface area contributed by atoms with Gasteiger partial charge in [-0.2, -0.15) is 0 Å². The van der Waals surface area contributed by atoms with E-state index in [-0.39, 0.29) is 37.2 Å². The Morgan fingerprint density at radius 3 is 2.27 bits per heavy atom. The van der Waals surface area contributed by atoms with Gasteiger partial charge in [-0.15, -0.1) is 6.58 Å². The van der Waals surface area contributed by atoms with Crippen LogP contribution in [0.25, 0.3) is 11.1 Å². The molecule has 7 nitrogen and oxygen atoms in total. The number of carboxylic acid groups (broad SMARTS) is 1. The van der Waals surface area contributed by atoms with Crippen LogP contribution in [0, 0.1) is 5.92 Å². The first-order valence-electron chi connectivity index (χ1n) is 11.1. The number of fused-ring (bicyclic) bond motifs is 3. The van der Waals surface area contributed by atoms with Crippen molar-refractivity contribution in [2.75, 3.05) is 13.2 Å². The van der Waals surface area contributed by atoms with Gasteiger partial charge in [0, 0.05) is 18.9 Å². The zero-order chi connectivity index (χ0) is 23.8. The molecule has 174 valence electrons. The fourth-order valence-corrected chi connectivity index (χ4v) is 4.05. The second-order valence-electron chi connectivity index (χ2n) is 8.33. The third-order valence-corrected chi connectivity index (χ3v) is 5.83. The summed E-state index contributed by atoms with van der Waals surface area (Å²) in [5.74, 6) is -1.28. The molecule has 0 saturated carbocycles. The van der Waals surface area contributed by atoms with E-state index in [1.165, 1.54) is 0 Å². The minimum Gasteiger partial charge on any atom is -0.481 e. The van der Waals surface area contributed by atoms with E-state index >= 15 is 0 Å². The summed E-state index contributed by atoms with van der Waals surface area (Å²) in [6.45, 7) is 6.01. The van der Waals surface area contributed by atoms with E-state index in [1.54, 1.807) is 6.08 Å². The van der Waals surface area contributed by atoms with Gasteiger partial charge in [0.1, 0.15) is 12.6 Å². The van der Waals surface area contributed by atoms with Gasteiger partial charge in [0.15, 0.2) is 0 Å². The number of rotatable bonds is 11. The molecule has 3 N–H and O–H groups in total. The van der Waals surface area contributed by atoms with Crippen molar-refractivity contribution >= 4 is 18.0 Å². The van der Waals surface area contributed by atoms with Crippen LogP contribution in [0.3, 0.4) is 0 Å². The maximum absolute atomic E-state index is 12.6. The predicted octanol–water partition coefficient (Wildman–Crippen LogP) is 4.09. The lowest BCUT2D eigenvalue weighted by Gasteiger charge is -2.20. The molecule has 33 heavy (non-hydrogen) atoms. The average molecular weight is 451 g/mol. The van der Waals surface area contributed by atoms with E-state index in [1.807, 2.05) is 43.3 Å². The van der Waals surface area contributed by atoms with Crippen LogP contribution >= 0.6 is 0 Å². The molecule has 7 heteroatoms. The van der Waals surface area contributed by atoms with E-state index in [9.17, 15) is 14.4 Å². The zero-order valence-corrected chi connectivity index (χ0v) is 18.8. The molecule has 2 atom stereocenters. The van der Waals surface area contributed by atoms with Crippen LogP contribution < -0.4 is 10.6 Å². The number of carbonyl (C=O) groups is 3. The highest BCUT2D eigenvalue weighted by atomic mass is 16.5. The molecular weight excluding hydrogens is 420 g/mol. The summed E-state index contributed by atoms with van der Waals surface area (Å²) in [6, 6.07) is 15.3. The summed E-state index contributed by atoms with van der Waals surface area (Å²) in [5, 5.41) is 14.2. The first-order valence-corrected chi connectivity index (χ1v) is 11.1. The highest BCUT2D eigenvalue weighted by Gasteiger charge is 2.29. The van der Waals surface area contributed by atoms with E-state index in [4.69, 9.17) is 9.84 Å². The van der Waals surface area contributed by atoms with Gasteiger partial charge in [0.25, 0.3) is 0 Å². The van der Waals surface area contributed by atoms with Gasteiger partial charge in [-0.05, 0) is 41.0 Å². The van der Waals surface area contributed by atoms with Gasteiger partial charge >= 0.3 is 12.1 Å². The van der Waals surface area contributed by atoms with Gasteiger partial charge in [-0.25, -0.2) is 4.79 Å². The average Bonchev–Trinajstić information content (AvgIpc) is 3.13. The van der Waals surface area contributed by atoms with Gasteiger partial charge in [0.05, 0.1) is 0 Å². The van der Waals surface area contributed by atoms with E-state index in [0.29, 0.717) is 13.0 Å². The molecule has 3 rings (SSSR count). The predicted molar refractivity (Wildman–Crippen MR) is 126 cm³/mol. The van der Waals surface area contributed by atoms with Crippen LogP contribution in [0.5, 0.6) is 0 Å². The maximum Gasteiger partial charge on any atom is 0.407 e. The summed E-state index contributed by atoms with van der Waals surface area (Å²) in [5.41, 5.74) is 4.51. The molecule has 0 fully saturated rings. The van der Waals surface area contributed by atoms with Crippen LogP contribution in [-0.4, -0.2) is 42.3 Å². The lowest BCUT2D eigenvalue weighted by molar-refractivity contribution is -0.137. The first kappa shape index (κ1) is 24.0. The number of hydrogen-bond acceptors (Lipinski definition) is 4. The Morgan fingerprint density at radius 2 is 1.70 bits per heavy atom. The molecule has 0 heterocycles. The zero-order valence-electron chi connectivity index (χ0n) is 18.8. The SMILES string of the molecule is C=CCC(NC(=O)OCC1c2ccccc2-c2ccccc21)C(=O)NCC(C)CCC(=O)O. The Balaban J connectivity index is 1.55. The molecule has 2 unspecified atom stereocenters. The van der Waals surface area contributed by atoms with Crippen LogP contribution in [0.15, 0.2) is 61.2 Å². The number of alkyl carbamates (subject to hydrolysis) is 1. The number of amides is 2. The Hall–Kier alpha value is -3.61. The molecule has 1 aliphatic carbocycles. The van der Waals surface area contributed by atoms with Crippen LogP contribution in [0.2, 0.25) is 0 Å². The Kier molecular flexibility index (Phi) is 8.24. The number of carboxylic acids is 1. The van der Waals surface area contributed by atoms with Crippen molar-refractivity contribution in [1.29, 1.82) is 0 Å². The number of hydrogen-bond donors (Lipinski definition) is 3. The monoisotopic (exact) mass is 450 g/mol. The molecule has 0 aromatic heterocycles. The minimum atomic E-state index is -0.866. The molecule has 2 aromatic carbocycles. The standard InChI is InChI=1S/C26H30N2O5/c1-3-8-23(25(31)27-15-17(2)13-14-24(29)30)28-26(32)33-16-22-20-11-6-4-9-18(20)19-10-5-7-12-21(19)22/h3-7,9-12,17,22-23H,1,8,13-16H2,2H3,(H,27,31)(H,28,32)(H,29,30). The molecule has 0 saturated heterocycles. The van der Waals surface area contributed by atoms with Gasteiger partial charge in [-0.3, -0.25) is 9.59 Å². The number of nitrogens with one attached hydrogen (secondary N) is 2. The quantitative estimate of drug-likeness (QED) is 0.447. The summed E-state index contributed by atoms with van der Waals surface area (Å²) >= 11 is 0. The van der Waals surface area contributed by atoms with E-state index < -0.39 is 18.1 Å². The molecular formula is C26H30N2O5. The third-order valence-electron chi connectivity index (χ3n) is 5.83. The van der Waals surface area contributed by atoms with Crippen molar-refractivity contribution in [1.82, 2.24) is 10.6 Å². The number of ether oxygens (including phenoxy) is 1. The van der Waals surface area contributed by atoms with E-state index in [2.05, 4.69) is 29.3 Å². The van der Waals surface area contributed by atoms with Gasteiger partial charge < -0.3 is 20.5 Å². The Bertz CT molecular complexity index is 974. The van der Waals surface area contributed by atoms with Crippen LogP contribution in [-0.2, 0) is 14.3 Å². The van der Waals surface area contributed by atoms with Gasteiger partial charge in [-0.1, -0.05) is 61.5 Å². The molecule has 0 spiro atoms. The number of benzene rings is 2. The largest absolute Gasteiger partial charge is 0.481 e. The van der Waals surface area contributed by atoms with E-state index in [0.717, 1.165) is 22.3 Å². The van der Waals surface area contributed by atoms with Crippen molar-refractivity contribution in [3.05, 3.63) is 72.3 Å². The summed E-state index contributed by atoms with van der Waals surface area (Å²) in [4.78, 5) is 35.8. The second kappa shape index (κ2) is 11.3. The Morgan fingerprint density at radius 1 is 1.09 bits per heavy atom. The highest BCUT2D eigenvalue weighted by molar-refractivity contribution is 5.86. The number of aliphatic carboxylic acids is 1. The highest BCUT2D eigenvalue weighted by Crippen LogP contribution is 2.44. The van der Waals surface area contributed by atoms with Crippen molar-refractivity contribution in [2.45, 2.75) is 38.1 Å². The molecule has 0 bridgehead atoms. The summed E-state index contributed by atoms with van der Waals surface area (Å²) in [7, 11) is 0. The van der Waals surface area contributed by atoms with Crippen LogP contribution in [0.4, 0.5) is 4.79 Å². The molecule has 0 aliphatic heterocycles. The van der Waals surface area contributed by atoms with Crippen LogP contribution in [0.1, 0.15) is 43.2 Å². The smallest absolute Gasteiger partial charge is 0.407 e. The third kappa shape index (κ3) is 6.22. The fraction of sp³-hybridized carbons (Fsp3) is 0.346. The van der Waals surface area contributed by atoms with Crippen molar-refractivity contribution in [2.24, 2.45) is 5.92 Å². The van der Waals surface area contributed by atoms with Gasteiger partial charge in [0.2, 0.25) is 5.91 Å². The lowest BCUT2D eigenvalue weighted by Crippen LogP contribution is -2.47. The molecule has 1 aliphatic rings. The summed E-state index contributed by atoms with van der Waals surface area (Å²) in [6.07, 6.45) is 1.64. The topological polar surface area (TPSA) is 105 Å². The number of carbonyl (C=O) groups excluding carboxylic acids is 2. The Labute approximate surface area is 193 Å². The second-order valence-corrected chi connectivity index (χ2v) is 8.33. The normalized spacial score (nSPS) is 13.8. The van der Waals surface area contributed by atoms with Crippen molar-refractivity contribution in [3.63, 3.8) is 0 Å². The summed E-state index contributed by atoms with van der Waals surface area (Å²) < 4.78 is 5.53. The molecule has 0 radical (unpaired) electrons. The maximum atomic E-state index is 12.6. The van der Waals surface area contributed by atoms with Crippen molar-refractivity contribution in [3.8, 4) is 11.1 Å². The lowest BCUT2D eigenvalue weighted by atomic mass is 9.98. The first-order chi connectivity index (χ1) is 15.9.